The summed E-state index contributed by atoms with van der Waals surface area (Å²) in [7, 11) is 0. The lowest BCUT2D eigenvalue weighted by molar-refractivity contribution is -0.149. The van der Waals surface area contributed by atoms with E-state index in [1.807, 2.05) is 52.0 Å². The van der Waals surface area contributed by atoms with Crippen LogP contribution in [0, 0.1) is 0 Å². The number of carbonyl (C=O) groups is 1. The molecule has 0 saturated heterocycles. The normalized spacial score (nSPS) is 14.6. The molecule has 28 heavy (non-hydrogen) atoms. The van der Waals surface area contributed by atoms with E-state index in [0.717, 1.165) is 40.7 Å². The van der Waals surface area contributed by atoms with Gasteiger partial charge in [-0.05, 0) is 56.9 Å². The van der Waals surface area contributed by atoms with Gasteiger partial charge in [0, 0.05) is 11.1 Å². The zero-order valence-electron chi connectivity index (χ0n) is 17.5. The molecule has 1 N–H and O–H groups in total. The molecule has 0 radical (unpaired) electrons. The summed E-state index contributed by atoms with van der Waals surface area (Å²) in [5.41, 5.74) is 3.25. The second kappa shape index (κ2) is 7.59. The Morgan fingerprint density at radius 3 is 2.61 bits per heavy atom. The molecule has 2 aromatic rings. The zero-order chi connectivity index (χ0) is 20.5. The Morgan fingerprint density at radius 1 is 1.21 bits per heavy atom. The quantitative estimate of drug-likeness (QED) is 0.558. The Hall–Kier alpha value is -2.33. The molecule has 0 saturated carbocycles. The molecule has 4 nitrogen and oxygen atoms in total. The van der Waals surface area contributed by atoms with Gasteiger partial charge < -0.3 is 14.6 Å². The van der Waals surface area contributed by atoms with Crippen LogP contribution < -0.4 is 4.74 Å². The molecule has 0 amide bonds. The number of rotatable bonds is 6. The van der Waals surface area contributed by atoms with Gasteiger partial charge in [0.25, 0.3) is 0 Å². The SMILES string of the molecule is CCCCOC(=O)C(C)(C)c1cc(CO)c2c(c1)OC(C)(C)c1ccccc1-2. The lowest BCUT2D eigenvalue weighted by Gasteiger charge is -2.37. The predicted molar refractivity (Wildman–Crippen MR) is 110 cm³/mol. The Bertz CT molecular complexity index is 880. The fourth-order valence-electron chi connectivity index (χ4n) is 3.71. The minimum absolute atomic E-state index is 0.130. The van der Waals surface area contributed by atoms with Crippen molar-refractivity contribution in [3.05, 3.63) is 53.1 Å². The Labute approximate surface area is 167 Å². The average molecular weight is 383 g/mol. The van der Waals surface area contributed by atoms with Crippen LogP contribution in [0.15, 0.2) is 36.4 Å². The third-order valence-corrected chi connectivity index (χ3v) is 5.53. The smallest absolute Gasteiger partial charge is 0.315 e. The topological polar surface area (TPSA) is 55.8 Å². The number of esters is 1. The van der Waals surface area contributed by atoms with Crippen molar-refractivity contribution >= 4 is 5.97 Å². The first kappa shape index (κ1) is 20.4. The van der Waals surface area contributed by atoms with Gasteiger partial charge in [0.1, 0.15) is 11.4 Å². The number of hydrogen-bond acceptors (Lipinski definition) is 4. The first-order chi connectivity index (χ1) is 13.2. The van der Waals surface area contributed by atoms with E-state index in [1.54, 1.807) is 0 Å². The maximum absolute atomic E-state index is 12.7. The van der Waals surface area contributed by atoms with Gasteiger partial charge in [-0.15, -0.1) is 0 Å². The van der Waals surface area contributed by atoms with Gasteiger partial charge in [0.15, 0.2) is 0 Å². The van der Waals surface area contributed by atoms with E-state index in [-0.39, 0.29) is 12.6 Å². The van der Waals surface area contributed by atoms with E-state index < -0.39 is 11.0 Å². The van der Waals surface area contributed by atoms with Crippen molar-refractivity contribution in [1.29, 1.82) is 0 Å². The standard InChI is InChI=1S/C24H30O4/c1-6-7-12-27-22(26)23(2,3)17-13-16(15-25)21-18-10-8-9-11-19(18)24(4,5)28-20(21)14-17/h8-11,13-14,25H,6-7,12,15H2,1-5H3. The van der Waals surface area contributed by atoms with Crippen LogP contribution in [0.2, 0.25) is 0 Å². The highest BCUT2D eigenvalue weighted by Gasteiger charge is 2.37. The van der Waals surface area contributed by atoms with E-state index in [1.165, 1.54) is 0 Å². The highest BCUT2D eigenvalue weighted by Crippen LogP contribution is 2.48. The number of unbranched alkanes of at least 4 members (excludes halogenated alkanes) is 1. The summed E-state index contributed by atoms with van der Waals surface area (Å²) in [5, 5.41) is 10.1. The fraction of sp³-hybridized carbons (Fsp3) is 0.458. The first-order valence-electron chi connectivity index (χ1n) is 9.96. The first-order valence-corrected chi connectivity index (χ1v) is 9.96. The lowest BCUT2D eigenvalue weighted by Crippen LogP contribution is -2.33. The molecular formula is C24H30O4. The molecule has 0 spiro atoms. The molecule has 0 bridgehead atoms. The molecule has 0 aliphatic carbocycles. The minimum Gasteiger partial charge on any atom is -0.482 e. The molecule has 0 unspecified atom stereocenters. The fourth-order valence-corrected chi connectivity index (χ4v) is 3.71. The van der Waals surface area contributed by atoms with E-state index in [2.05, 4.69) is 19.1 Å². The highest BCUT2D eigenvalue weighted by atomic mass is 16.5. The third-order valence-electron chi connectivity index (χ3n) is 5.53. The van der Waals surface area contributed by atoms with Crippen molar-refractivity contribution in [2.24, 2.45) is 0 Å². The van der Waals surface area contributed by atoms with Crippen molar-refractivity contribution in [2.45, 2.75) is 65.1 Å². The number of ether oxygens (including phenoxy) is 2. The second-order valence-corrected chi connectivity index (χ2v) is 8.44. The molecule has 2 aromatic carbocycles. The summed E-state index contributed by atoms with van der Waals surface area (Å²) in [4.78, 5) is 12.7. The number of aliphatic hydroxyl groups is 1. The molecule has 0 aromatic heterocycles. The largest absolute Gasteiger partial charge is 0.482 e. The molecule has 3 rings (SSSR count). The van der Waals surface area contributed by atoms with Crippen LogP contribution in [0.4, 0.5) is 0 Å². The summed E-state index contributed by atoms with van der Waals surface area (Å²) in [6.07, 6.45) is 1.82. The Kier molecular flexibility index (Phi) is 5.53. The number of benzene rings is 2. The van der Waals surface area contributed by atoms with Crippen LogP contribution in [0.3, 0.4) is 0 Å². The monoisotopic (exact) mass is 382 g/mol. The minimum atomic E-state index is -0.836. The number of fused-ring (bicyclic) bond motifs is 3. The number of carbonyl (C=O) groups excluding carboxylic acids is 1. The van der Waals surface area contributed by atoms with E-state index in [0.29, 0.717) is 12.4 Å². The molecule has 1 heterocycles. The van der Waals surface area contributed by atoms with E-state index in [9.17, 15) is 9.90 Å². The second-order valence-electron chi connectivity index (χ2n) is 8.44. The summed E-state index contributed by atoms with van der Waals surface area (Å²) in [5.74, 6) is 0.431. The molecular weight excluding hydrogens is 352 g/mol. The van der Waals surface area contributed by atoms with Crippen molar-refractivity contribution in [1.82, 2.24) is 0 Å². The van der Waals surface area contributed by atoms with Crippen LogP contribution in [0.25, 0.3) is 11.1 Å². The summed E-state index contributed by atoms with van der Waals surface area (Å²) in [6, 6.07) is 11.9. The van der Waals surface area contributed by atoms with E-state index in [4.69, 9.17) is 9.47 Å². The third kappa shape index (κ3) is 3.53. The summed E-state index contributed by atoms with van der Waals surface area (Å²) < 4.78 is 11.8. The van der Waals surface area contributed by atoms with Crippen LogP contribution in [0.5, 0.6) is 5.75 Å². The van der Waals surface area contributed by atoms with Gasteiger partial charge in [-0.3, -0.25) is 4.79 Å². The number of hydrogen-bond donors (Lipinski definition) is 1. The van der Waals surface area contributed by atoms with Gasteiger partial charge in [0.05, 0.1) is 18.6 Å². The van der Waals surface area contributed by atoms with Crippen LogP contribution in [0.1, 0.15) is 64.2 Å². The van der Waals surface area contributed by atoms with Gasteiger partial charge in [-0.1, -0.05) is 43.7 Å². The van der Waals surface area contributed by atoms with E-state index >= 15 is 0 Å². The molecule has 150 valence electrons. The Balaban J connectivity index is 2.09. The number of aliphatic hydroxyl groups excluding tert-OH is 1. The molecule has 4 heteroatoms. The maximum Gasteiger partial charge on any atom is 0.315 e. The van der Waals surface area contributed by atoms with Gasteiger partial charge in [-0.25, -0.2) is 0 Å². The van der Waals surface area contributed by atoms with Gasteiger partial charge >= 0.3 is 5.97 Å². The molecule has 0 fully saturated rings. The summed E-state index contributed by atoms with van der Waals surface area (Å²) >= 11 is 0. The zero-order valence-corrected chi connectivity index (χ0v) is 17.5. The highest BCUT2D eigenvalue weighted by molar-refractivity contribution is 5.85. The van der Waals surface area contributed by atoms with Gasteiger partial charge in [0.2, 0.25) is 0 Å². The predicted octanol–water partition coefficient (Wildman–Crippen LogP) is 5.09. The maximum atomic E-state index is 12.7. The van der Waals surface area contributed by atoms with Crippen molar-refractivity contribution in [2.75, 3.05) is 6.61 Å². The van der Waals surface area contributed by atoms with Crippen LogP contribution in [-0.2, 0) is 27.2 Å². The molecule has 1 aliphatic heterocycles. The van der Waals surface area contributed by atoms with Crippen molar-refractivity contribution in [3.8, 4) is 16.9 Å². The molecule has 1 aliphatic rings. The Morgan fingerprint density at radius 2 is 1.93 bits per heavy atom. The van der Waals surface area contributed by atoms with Crippen LogP contribution >= 0.6 is 0 Å². The van der Waals surface area contributed by atoms with Gasteiger partial charge in [-0.2, -0.15) is 0 Å². The van der Waals surface area contributed by atoms with Crippen molar-refractivity contribution in [3.63, 3.8) is 0 Å². The van der Waals surface area contributed by atoms with Crippen molar-refractivity contribution < 1.29 is 19.4 Å². The lowest BCUT2D eigenvalue weighted by atomic mass is 9.79. The van der Waals surface area contributed by atoms with Crippen LogP contribution in [-0.4, -0.2) is 17.7 Å². The average Bonchev–Trinajstić information content (AvgIpc) is 2.66. The molecule has 0 atom stereocenters. The summed E-state index contributed by atoms with van der Waals surface area (Å²) in [6.45, 7) is 10.1.